The summed E-state index contributed by atoms with van der Waals surface area (Å²) in [7, 11) is 0. The molecule has 9 nitrogen and oxygen atoms in total. The highest BCUT2D eigenvalue weighted by atomic mass is 32.2. The van der Waals surface area contributed by atoms with Crippen LogP contribution < -0.4 is 10.00 Å². The predicted molar refractivity (Wildman–Crippen MR) is 104 cm³/mol. The molecule has 0 fully saturated rings. The first kappa shape index (κ1) is 20.2. The Hall–Kier alpha value is -3.53. The first-order valence-electron chi connectivity index (χ1n) is 8.60. The van der Waals surface area contributed by atoms with Gasteiger partial charge in [0.1, 0.15) is 0 Å². The second kappa shape index (κ2) is 8.65. The smallest absolute Gasteiger partial charge is 0.298 e. The zero-order valence-electron chi connectivity index (χ0n) is 15.6. The van der Waals surface area contributed by atoms with Gasteiger partial charge in [-0.15, -0.1) is 0 Å². The first-order valence-corrected chi connectivity index (χ1v) is 9.41. The monoisotopic (exact) mass is 413 g/mol. The van der Waals surface area contributed by atoms with Crippen molar-refractivity contribution in [3.63, 3.8) is 0 Å². The zero-order valence-corrected chi connectivity index (χ0v) is 16.4. The van der Waals surface area contributed by atoms with Crippen molar-refractivity contribution in [1.29, 1.82) is 0 Å². The molecule has 0 aliphatic heterocycles. The standard InChI is InChI=1S/C19H16N4O5S/c1-12(2)22-19(29-16-9-8-15(23(26)27)10-14(16)11-24)18(28-21-22)20-17(25)13-6-4-3-5-7-13/h3-12H,1-2H3/p+1. The van der Waals surface area contributed by atoms with Crippen LogP contribution in [0.4, 0.5) is 11.6 Å². The van der Waals surface area contributed by atoms with Gasteiger partial charge in [0.15, 0.2) is 12.3 Å². The lowest BCUT2D eigenvalue weighted by atomic mass is 10.2. The van der Waals surface area contributed by atoms with Gasteiger partial charge in [-0.3, -0.25) is 29.5 Å². The highest BCUT2D eigenvalue weighted by Crippen LogP contribution is 2.34. The van der Waals surface area contributed by atoms with Crippen LogP contribution in [0, 0.1) is 10.1 Å². The van der Waals surface area contributed by atoms with Crippen molar-refractivity contribution in [3.05, 3.63) is 69.8 Å². The lowest BCUT2D eigenvalue weighted by Gasteiger charge is -2.04. The second-order valence-electron chi connectivity index (χ2n) is 6.26. The van der Waals surface area contributed by atoms with Gasteiger partial charge in [0.2, 0.25) is 5.27 Å². The summed E-state index contributed by atoms with van der Waals surface area (Å²) in [5, 5.41) is 18.1. The molecule has 0 unspecified atom stereocenters. The minimum Gasteiger partial charge on any atom is -0.298 e. The number of nitro benzene ring substituents is 1. The molecule has 0 saturated heterocycles. The summed E-state index contributed by atoms with van der Waals surface area (Å²) in [5.41, 5.74) is 0.414. The number of carbonyl (C=O) groups excluding carboxylic acids is 2. The molecule has 0 radical (unpaired) electrons. The van der Waals surface area contributed by atoms with Crippen molar-refractivity contribution in [3.8, 4) is 0 Å². The van der Waals surface area contributed by atoms with E-state index >= 15 is 0 Å². The maximum Gasteiger partial charge on any atom is 0.337 e. The summed E-state index contributed by atoms with van der Waals surface area (Å²) in [5.74, 6) is -0.258. The molecule has 0 saturated carbocycles. The average Bonchev–Trinajstić information content (AvgIpc) is 3.11. The van der Waals surface area contributed by atoms with E-state index in [0.717, 1.165) is 11.8 Å². The van der Waals surface area contributed by atoms with E-state index < -0.39 is 4.92 Å². The highest BCUT2D eigenvalue weighted by molar-refractivity contribution is 7.99. The fourth-order valence-corrected chi connectivity index (χ4v) is 3.55. The highest BCUT2D eigenvalue weighted by Gasteiger charge is 2.30. The number of anilines is 1. The molecule has 1 N–H and O–H groups in total. The van der Waals surface area contributed by atoms with Gasteiger partial charge in [0, 0.05) is 42.0 Å². The average molecular weight is 413 g/mol. The van der Waals surface area contributed by atoms with Crippen molar-refractivity contribution in [2.45, 2.75) is 29.8 Å². The number of rotatable bonds is 7. The molecule has 3 aromatic rings. The second-order valence-corrected chi connectivity index (χ2v) is 7.30. The minimum absolute atomic E-state index is 0.0960. The predicted octanol–water partition coefficient (Wildman–Crippen LogP) is 3.67. The van der Waals surface area contributed by atoms with Crippen LogP contribution in [0.1, 0.15) is 40.6 Å². The Balaban J connectivity index is 1.96. The SMILES string of the molecule is CC(C)[n+]1noc(NC(=O)c2ccccc2)c1Sc1ccc([N+](=O)[O-])cc1C=O. The Morgan fingerprint density at radius 1 is 1.28 bits per heavy atom. The summed E-state index contributed by atoms with van der Waals surface area (Å²) < 4.78 is 6.88. The molecule has 2 aromatic carbocycles. The number of nitro groups is 1. The Morgan fingerprint density at radius 3 is 2.62 bits per heavy atom. The van der Waals surface area contributed by atoms with Crippen molar-refractivity contribution in [2.24, 2.45) is 0 Å². The lowest BCUT2D eigenvalue weighted by Crippen LogP contribution is -2.39. The molecule has 3 rings (SSSR count). The fourth-order valence-electron chi connectivity index (χ4n) is 2.47. The Labute approximate surface area is 169 Å². The van der Waals surface area contributed by atoms with Crippen molar-refractivity contribution < 1.29 is 23.7 Å². The third-order valence-corrected chi connectivity index (χ3v) is 5.07. The number of nitrogens with one attached hydrogen (secondary N) is 1. The number of carbonyl (C=O) groups is 2. The van der Waals surface area contributed by atoms with E-state index in [2.05, 4.69) is 10.6 Å². The van der Waals surface area contributed by atoms with Crippen LogP contribution in [-0.2, 0) is 0 Å². The zero-order chi connectivity index (χ0) is 21.0. The van der Waals surface area contributed by atoms with Crippen LogP contribution in [0.15, 0.2) is 63.0 Å². The maximum absolute atomic E-state index is 12.5. The van der Waals surface area contributed by atoms with Gasteiger partial charge in [0.25, 0.3) is 11.6 Å². The molecule has 0 spiro atoms. The van der Waals surface area contributed by atoms with Crippen LogP contribution in [0.2, 0.25) is 0 Å². The van der Waals surface area contributed by atoms with Gasteiger partial charge in [-0.05, 0) is 34.6 Å². The molecule has 148 valence electrons. The number of aromatic nitrogens is 2. The summed E-state index contributed by atoms with van der Waals surface area (Å²) in [6.07, 6.45) is 0.546. The number of benzene rings is 2. The van der Waals surface area contributed by atoms with Crippen LogP contribution in [-0.4, -0.2) is 22.4 Å². The van der Waals surface area contributed by atoms with Gasteiger partial charge in [-0.1, -0.05) is 18.2 Å². The van der Waals surface area contributed by atoms with E-state index in [1.807, 2.05) is 13.8 Å². The minimum atomic E-state index is -0.569. The fraction of sp³-hybridized carbons (Fsp3) is 0.158. The quantitative estimate of drug-likeness (QED) is 0.272. The van der Waals surface area contributed by atoms with Crippen LogP contribution in [0.3, 0.4) is 0 Å². The largest absolute Gasteiger partial charge is 0.337 e. The Bertz CT molecular complexity index is 1070. The molecule has 0 aliphatic carbocycles. The van der Waals surface area contributed by atoms with E-state index in [4.69, 9.17) is 4.52 Å². The lowest BCUT2D eigenvalue weighted by molar-refractivity contribution is -0.809. The third kappa shape index (κ3) is 4.49. The van der Waals surface area contributed by atoms with E-state index in [0.29, 0.717) is 21.8 Å². The molecule has 0 aliphatic rings. The van der Waals surface area contributed by atoms with Crippen molar-refractivity contribution >= 4 is 35.5 Å². The van der Waals surface area contributed by atoms with E-state index in [9.17, 15) is 19.7 Å². The summed E-state index contributed by atoms with van der Waals surface area (Å²) in [6, 6.07) is 12.5. The third-order valence-electron chi connectivity index (χ3n) is 3.91. The molecule has 1 aromatic heterocycles. The van der Waals surface area contributed by atoms with Gasteiger partial charge in [-0.2, -0.15) is 0 Å². The number of aldehydes is 1. The topological polar surface area (TPSA) is 119 Å². The Morgan fingerprint density at radius 2 is 2.00 bits per heavy atom. The van der Waals surface area contributed by atoms with Crippen LogP contribution in [0.5, 0.6) is 0 Å². The van der Waals surface area contributed by atoms with E-state index in [-0.39, 0.29) is 29.1 Å². The molecule has 29 heavy (non-hydrogen) atoms. The summed E-state index contributed by atoms with van der Waals surface area (Å²) in [6.45, 7) is 3.76. The normalized spacial score (nSPS) is 10.7. The van der Waals surface area contributed by atoms with Crippen LogP contribution >= 0.6 is 11.8 Å². The molecule has 1 heterocycles. The molecular formula is C19H17N4O5S+. The number of amides is 1. The number of nitrogens with zero attached hydrogens (tertiary/aromatic N) is 3. The summed E-state index contributed by atoms with van der Waals surface area (Å²) >= 11 is 1.12. The molecule has 1 amide bonds. The van der Waals surface area contributed by atoms with Gasteiger partial charge >= 0.3 is 10.9 Å². The van der Waals surface area contributed by atoms with Gasteiger partial charge in [0.05, 0.1) is 4.92 Å². The van der Waals surface area contributed by atoms with Crippen molar-refractivity contribution in [2.75, 3.05) is 5.32 Å². The van der Waals surface area contributed by atoms with E-state index in [1.54, 1.807) is 35.0 Å². The molecule has 0 atom stereocenters. The number of non-ortho nitro benzene ring substituents is 1. The van der Waals surface area contributed by atoms with Crippen molar-refractivity contribution in [1.82, 2.24) is 5.27 Å². The molecular weight excluding hydrogens is 396 g/mol. The molecule has 0 bridgehead atoms. The van der Waals surface area contributed by atoms with E-state index in [1.165, 1.54) is 18.2 Å². The maximum atomic E-state index is 12.5. The number of hydrogen-bond acceptors (Lipinski definition) is 7. The Kier molecular flexibility index (Phi) is 6.03. The molecule has 10 heteroatoms. The summed E-state index contributed by atoms with van der Waals surface area (Å²) in [4.78, 5) is 34.8. The van der Waals surface area contributed by atoms with Gasteiger partial charge < -0.3 is 0 Å². The van der Waals surface area contributed by atoms with Crippen LogP contribution in [0.25, 0.3) is 0 Å². The first-order chi connectivity index (χ1) is 13.9. The number of hydrogen-bond donors (Lipinski definition) is 1. The van der Waals surface area contributed by atoms with Gasteiger partial charge in [-0.25, -0.2) is 0 Å².